The number of nitrogens with one attached hydrogen (secondary N) is 1. The Morgan fingerprint density at radius 2 is 1.77 bits per heavy atom. The van der Waals surface area contributed by atoms with Crippen LogP contribution in [-0.4, -0.2) is 30.0 Å². The summed E-state index contributed by atoms with van der Waals surface area (Å²) < 4.78 is 5.67. The smallest absolute Gasteiger partial charge is 0.261 e. The summed E-state index contributed by atoms with van der Waals surface area (Å²) in [5.41, 5.74) is 2.44. The van der Waals surface area contributed by atoms with Crippen LogP contribution in [0.2, 0.25) is 0 Å². The van der Waals surface area contributed by atoms with Gasteiger partial charge < -0.3 is 10.1 Å². The Bertz CT molecular complexity index is 696. The van der Waals surface area contributed by atoms with Gasteiger partial charge in [-0.3, -0.25) is 9.69 Å². The van der Waals surface area contributed by atoms with Crippen LogP contribution in [0.5, 0.6) is 5.75 Å². The summed E-state index contributed by atoms with van der Waals surface area (Å²) in [6.45, 7) is 5.67. The highest BCUT2D eigenvalue weighted by molar-refractivity contribution is 5.80. The first-order chi connectivity index (χ1) is 12.7. The van der Waals surface area contributed by atoms with Gasteiger partial charge in [-0.25, -0.2) is 0 Å². The lowest BCUT2D eigenvalue weighted by Crippen LogP contribution is -2.35. The second-order valence-electron chi connectivity index (χ2n) is 6.95. The number of likely N-dealkylation sites (tertiary alicyclic amines) is 1. The molecule has 1 aliphatic rings. The number of para-hydroxylation sites is 1. The Hall–Kier alpha value is -2.33. The SMILES string of the molecule is C[C@H](Oc1ccccc1)C(=O)NCc1cccc(CN2CCCCC2)c1. The van der Waals surface area contributed by atoms with E-state index in [-0.39, 0.29) is 5.91 Å². The maximum atomic E-state index is 12.3. The third-order valence-corrected chi connectivity index (χ3v) is 4.74. The highest BCUT2D eigenvalue weighted by atomic mass is 16.5. The molecule has 0 bridgehead atoms. The average molecular weight is 352 g/mol. The second kappa shape index (κ2) is 9.39. The molecule has 2 aromatic rings. The van der Waals surface area contributed by atoms with E-state index >= 15 is 0 Å². The van der Waals surface area contributed by atoms with Gasteiger partial charge in [-0.2, -0.15) is 0 Å². The largest absolute Gasteiger partial charge is 0.481 e. The first kappa shape index (κ1) is 18.5. The highest BCUT2D eigenvalue weighted by Gasteiger charge is 2.14. The van der Waals surface area contributed by atoms with Crippen molar-refractivity contribution in [2.45, 2.75) is 45.4 Å². The monoisotopic (exact) mass is 352 g/mol. The fourth-order valence-electron chi connectivity index (χ4n) is 3.30. The quantitative estimate of drug-likeness (QED) is 0.825. The maximum absolute atomic E-state index is 12.3. The molecule has 138 valence electrons. The first-order valence-corrected chi connectivity index (χ1v) is 9.50. The molecule has 1 aliphatic heterocycles. The van der Waals surface area contributed by atoms with E-state index in [4.69, 9.17) is 4.74 Å². The molecule has 1 heterocycles. The summed E-state index contributed by atoms with van der Waals surface area (Å²) in [7, 11) is 0. The lowest BCUT2D eigenvalue weighted by atomic mass is 10.1. The maximum Gasteiger partial charge on any atom is 0.261 e. The summed E-state index contributed by atoms with van der Waals surface area (Å²) in [6.07, 6.45) is 3.43. The minimum absolute atomic E-state index is 0.102. The van der Waals surface area contributed by atoms with Crippen molar-refractivity contribution in [3.8, 4) is 5.75 Å². The van der Waals surface area contributed by atoms with Gasteiger partial charge in [0.2, 0.25) is 0 Å². The van der Waals surface area contributed by atoms with Crippen molar-refractivity contribution in [2.24, 2.45) is 0 Å². The van der Waals surface area contributed by atoms with Crippen molar-refractivity contribution in [3.05, 3.63) is 65.7 Å². The summed E-state index contributed by atoms with van der Waals surface area (Å²) in [5, 5.41) is 2.97. The van der Waals surface area contributed by atoms with Gasteiger partial charge in [-0.05, 0) is 56.1 Å². The fraction of sp³-hybridized carbons (Fsp3) is 0.409. The number of ether oxygens (including phenoxy) is 1. The Morgan fingerprint density at radius 1 is 1.04 bits per heavy atom. The summed E-state index contributed by atoms with van der Waals surface area (Å²) in [6, 6.07) is 17.9. The topological polar surface area (TPSA) is 41.6 Å². The van der Waals surface area contributed by atoms with E-state index in [0.29, 0.717) is 12.3 Å². The van der Waals surface area contributed by atoms with E-state index in [9.17, 15) is 4.79 Å². The lowest BCUT2D eigenvalue weighted by molar-refractivity contribution is -0.127. The Kier molecular flexibility index (Phi) is 6.67. The van der Waals surface area contributed by atoms with Crippen LogP contribution in [0.15, 0.2) is 54.6 Å². The lowest BCUT2D eigenvalue weighted by Gasteiger charge is -2.26. The highest BCUT2D eigenvalue weighted by Crippen LogP contribution is 2.14. The number of carbonyl (C=O) groups excluding carboxylic acids is 1. The first-order valence-electron chi connectivity index (χ1n) is 9.50. The van der Waals surface area contributed by atoms with Crippen LogP contribution >= 0.6 is 0 Å². The van der Waals surface area contributed by atoms with E-state index in [1.807, 2.05) is 30.3 Å². The third kappa shape index (κ3) is 5.60. The summed E-state index contributed by atoms with van der Waals surface area (Å²) in [4.78, 5) is 14.8. The number of amides is 1. The van der Waals surface area contributed by atoms with Gasteiger partial charge in [-0.15, -0.1) is 0 Å². The Morgan fingerprint density at radius 3 is 2.54 bits per heavy atom. The van der Waals surface area contributed by atoms with Crippen molar-refractivity contribution in [3.63, 3.8) is 0 Å². The van der Waals surface area contributed by atoms with Crippen LogP contribution in [0.3, 0.4) is 0 Å². The van der Waals surface area contributed by atoms with Crippen molar-refractivity contribution in [1.29, 1.82) is 0 Å². The van der Waals surface area contributed by atoms with Gasteiger partial charge in [-0.1, -0.05) is 48.9 Å². The second-order valence-corrected chi connectivity index (χ2v) is 6.95. The third-order valence-electron chi connectivity index (χ3n) is 4.74. The molecule has 2 aromatic carbocycles. The van der Waals surface area contributed by atoms with Crippen molar-refractivity contribution in [1.82, 2.24) is 10.2 Å². The van der Waals surface area contributed by atoms with Crippen LogP contribution in [0, 0.1) is 0 Å². The molecule has 4 nitrogen and oxygen atoms in total. The normalized spacial score (nSPS) is 16.0. The molecule has 1 N–H and O–H groups in total. The van der Waals surface area contributed by atoms with Crippen molar-refractivity contribution in [2.75, 3.05) is 13.1 Å². The van der Waals surface area contributed by atoms with Crippen LogP contribution in [0.25, 0.3) is 0 Å². The van der Waals surface area contributed by atoms with Gasteiger partial charge >= 0.3 is 0 Å². The molecule has 1 saturated heterocycles. The zero-order valence-electron chi connectivity index (χ0n) is 15.5. The zero-order chi connectivity index (χ0) is 18.2. The molecule has 1 amide bonds. The van der Waals surface area contributed by atoms with E-state index in [0.717, 1.165) is 12.1 Å². The molecule has 4 heteroatoms. The molecular formula is C22H28N2O2. The average Bonchev–Trinajstić information content (AvgIpc) is 2.68. The van der Waals surface area contributed by atoms with Gasteiger partial charge in [0.25, 0.3) is 5.91 Å². The van der Waals surface area contributed by atoms with Crippen molar-refractivity contribution < 1.29 is 9.53 Å². The molecule has 0 spiro atoms. The van der Waals surface area contributed by atoms with Gasteiger partial charge in [0.1, 0.15) is 5.75 Å². The van der Waals surface area contributed by atoms with Crippen LogP contribution in [0.4, 0.5) is 0 Å². The molecule has 3 rings (SSSR count). The number of hydrogen-bond donors (Lipinski definition) is 1. The molecule has 1 atom stereocenters. The minimum Gasteiger partial charge on any atom is -0.481 e. The van der Waals surface area contributed by atoms with Gasteiger partial charge in [0, 0.05) is 13.1 Å². The van der Waals surface area contributed by atoms with E-state index in [1.54, 1.807) is 6.92 Å². The number of rotatable bonds is 7. The molecular weight excluding hydrogens is 324 g/mol. The van der Waals surface area contributed by atoms with E-state index < -0.39 is 6.10 Å². The molecule has 0 aromatic heterocycles. The Labute approximate surface area is 156 Å². The number of benzene rings is 2. The van der Waals surface area contributed by atoms with E-state index in [1.165, 1.54) is 37.9 Å². The molecule has 0 aliphatic carbocycles. The number of carbonyl (C=O) groups is 1. The minimum atomic E-state index is -0.520. The fourth-order valence-corrected chi connectivity index (χ4v) is 3.30. The van der Waals surface area contributed by atoms with Crippen LogP contribution < -0.4 is 10.1 Å². The molecule has 0 radical (unpaired) electrons. The predicted molar refractivity (Wildman–Crippen MR) is 104 cm³/mol. The number of nitrogens with zero attached hydrogens (tertiary/aromatic N) is 1. The summed E-state index contributed by atoms with van der Waals surface area (Å²) >= 11 is 0. The molecule has 1 fully saturated rings. The standard InChI is InChI=1S/C22H28N2O2/c1-18(26-21-11-4-2-5-12-21)22(25)23-16-19-9-8-10-20(15-19)17-24-13-6-3-7-14-24/h2,4-5,8-12,15,18H,3,6-7,13-14,16-17H2,1H3,(H,23,25)/t18-/m0/s1. The van der Waals surface area contributed by atoms with E-state index in [2.05, 4.69) is 34.5 Å². The molecule has 0 unspecified atom stereocenters. The Balaban J connectivity index is 1.49. The van der Waals surface area contributed by atoms with Gasteiger partial charge in [0.15, 0.2) is 6.10 Å². The van der Waals surface area contributed by atoms with Crippen LogP contribution in [0.1, 0.15) is 37.3 Å². The predicted octanol–water partition coefficient (Wildman–Crippen LogP) is 3.76. The van der Waals surface area contributed by atoms with Crippen LogP contribution in [-0.2, 0) is 17.9 Å². The number of hydrogen-bond acceptors (Lipinski definition) is 3. The van der Waals surface area contributed by atoms with Gasteiger partial charge in [0.05, 0.1) is 0 Å². The zero-order valence-corrected chi connectivity index (χ0v) is 15.5. The number of piperidine rings is 1. The summed E-state index contributed by atoms with van der Waals surface area (Å²) in [5.74, 6) is 0.606. The molecule has 26 heavy (non-hydrogen) atoms. The van der Waals surface area contributed by atoms with Crippen molar-refractivity contribution >= 4 is 5.91 Å². The molecule has 0 saturated carbocycles.